The molecule has 2 aromatic rings. The molecule has 0 aliphatic carbocycles. The molecule has 0 aromatic heterocycles. The van der Waals surface area contributed by atoms with E-state index in [2.05, 4.69) is 16.3 Å². The molecule has 0 saturated heterocycles. The van der Waals surface area contributed by atoms with Crippen molar-refractivity contribution in [3.05, 3.63) is 53.6 Å². The predicted molar refractivity (Wildman–Crippen MR) is 98.3 cm³/mol. The molecular formula is C20H24N2O3. The number of ether oxygens (including phenoxy) is 2. The fourth-order valence-corrected chi connectivity index (χ4v) is 2.95. The van der Waals surface area contributed by atoms with E-state index in [1.807, 2.05) is 50.4 Å². The SMILES string of the molecule is COc1ccc(CNC(=O)CC2COc3cc(C)ccc3N2C)cc1. The zero-order chi connectivity index (χ0) is 17.8. The Morgan fingerprint density at radius 3 is 2.76 bits per heavy atom. The van der Waals surface area contributed by atoms with Crippen LogP contribution in [-0.4, -0.2) is 32.7 Å². The number of fused-ring (bicyclic) bond motifs is 1. The van der Waals surface area contributed by atoms with Crippen LogP contribution >= 0.6 is 0 Å². The van der Waals surface area contributed by atoms with Crippen molar-refractivity contribution >= 4 is 11.6 Å². The zero-order valence-electron chi connectivity index (χ0n) is 14.9. The van der Waals surface area contributed by atoms with Crippen LogP contribution in [-0.2, 0) is 11.3 Å². The highest BCUT2D eigenvalue weighted by atomic mass is 16.5. The van der Waals surface area contributed by atoms with Gasteiger partial charge in [-0.2, -0.15) is 0 Å². The summed E-state index contributed by atoms with van der Waals surface area (Å²) in [7, 11) is 3.65. The molecule has 5 heteroatoms. The summed E-state index contributed by atoms with van der Waals surface area (Å²) in [5.74, 6) is 1.72. The average Bonchev–Trinajstić information content (AvgIpc) is 2.62. The average molecular weight is 340 g/mol. The van der Waals surface area contributed by atoms with Gasteiger partial charge in [-0.15, -0.1) is 0 Å². The Morgan fingerprint density at radius 2 is 2.04 bits per heavy atom. The molecule has 0 saturated carbocycles. The lowest BCUT2D eigenvalue weighted by Crippen LogP contribution is -2.43. The first-order chi connectivity index (χ1) is 12.1. The maximum absolute atomic E-state index is 12.3. The molecule has 1 amide bonds. The van der Waals surface area contributed by atoms with Gasteiger partial charge in [-0.25, -0.2) is 0 Å². The molecule has 1 unspecified atom stereocenters. The quantitative estimate of drug-likeness (QED) is 0.909. The third kappa shape index (κ3) is 4.05. The lowest BCUT2D eigenvalue weighted by atomic mass is 10.1. The summed E-state index contributed by atoms with van der Waals surface area (Å²) in [6.45, 7) is 3.07. The number of methoxy groups -OCH3 is 1. The predicted octanol–water partition coefficient (Wildman–Crippen LogP) is 2.91. The second-order valence-corrected chi connectivity index (χ2v) is 6.38. The van der Waals surface area contributed by atoms with Gasteiger partial charge in [-0.05, 0) is 42.3 Å². The number of hydrogen-bond donors (Lipinski definition) is 1. The number of likely N-dealkylation sites (N-methyl/N-ethyl adjacent to an activating group) is 1. The molecule has 1 atom stereocenters. The molecule has 5 nitrogen and oxygen atoms in total. The Labute approximate surface area is 148 Å². The Hall–Kier alpha value is -2.69. The highest BCUT2D eigenvalue weighted by Gasteiger charge is 2.26. The van der Waals surface area contributed by atoms with Crippen molar-refractivity contribution in [3.63, 3.8) is 0 Å². The summed E-state index contributed by atoms with van der Waals surface area (Å²) in [6.07, 6.45) is 0.403. The molecule has 0 bridgehead atoms. The van der Waals surface area contributed by atoms with E-state index in [0.29, 0.717) is 19.6 Å². The normalized spacial score (nSPS) is 16.0. The van der Waals surface area contributed by atoms with E-state index < -0.39 is 0 Å². The maximum Gasteiger partial charge on any atom is 0.222 e. The van der Waals surface area contributed by atoms with Crippen molar-refractivity contribution in [3.8, 4) is 11.5 Å². The van der Waals surface area contributed by atoms with Crippen molar-refractivity contribution < 1.29 is 14.3 Å². The van der Waals surface area contributed by atoms with Gasteiger partial charge in [0.2, 0.25) is 5.91 Å². The van der Waals surface area contributed by atoms with Gasteiger partial charge in [-0.1, -0.05) is 18.2 Å². The fourth-order valence-electron chi connectivity index (χ4n) is 2.95. The maximum atomic E-state index is 12.3. The van der Waals surface area contributed by atoms with Crippen molar-refractivity contribution in [2.45, 2.75) is 25.9 Å². The standard InChI is InChI=1S/C20H24N2O3/c1-14-4-9-18-19(10-14)25-13-16(22(18)2)11-20(23)21-12-15-5-7-17(24-3)8-6-15/h4-10,16H,11-13H2,1-3H3,(H,21,23). The highest BCUT2D eigenvalue weighted by Crippen LogP contribution is 2.34. The molecule has 0 radical (unpaired) electrons. The summed E-state index contributed by atoms with van der Waals surface area (Å²) in [5.41, 5.74) is 3.25. The Balaban J connectivity index is 1.55. The largest absolute Gasteiger partial charge is 0.497 e. The third-order valence-corrected chi connectivity index (χ3v) is 4.54. The number of nitrogens with one attached hydrogen (secondary N) is 1. The molecule has 0 fully saturated rings. The summed E-state index contributed by atoms with van der Waals surface area (Å²) >= 11 is 0. The van der Waals surface area contributed by atoms with E-state index in [4.69, 9.17) is 9.47 Å². The van der Waals surface area contributed by atoms with E-state index in [-0.39, 0.29) is 11.9 Å². The molecule has 1 heterocycles. The van der Waals surface area contributed by atoms with E-state index >= 15 is 0 Å². The minimum atomic E-state index is 0.0202. The minimum absolute atomic E-state index is 0.0202. The zero-order valence-corrected chi connectivity index (χ0v) is 14.9. The molecule has 1 N–H and O–H groups in total. The van der Waals surface area contributed by atoms with Gasteiger partial charge in [0.25, 0.3) is 0 Å². The van der Waals surface area contributed by atoms with Gasteiger partial charge < -0.3 is 19.7 Å². The Bertz CT molecular complexity index is 743. The van der Waals surface area contributed by atoms with E-state index in [0.717, 1.165) is 22.7 Å². The third-order valence-electron chi connectivity index (χ3n) is 4.54. The lowest BCUT2D eigenvalue weighted by Gasteiger charge is -2.35. The second-order valence-electron chi connectivity index (χ2n) is 6.38. The molecular weight excluding hydrogens is 316 g/mol. The van der Waals surface area contributed by atoms with Crippen molar-refractivity contribution in [2.24, 2.45) is 0 Å². The molecule has 0 spiro atoms. The number of rotatable bonds is 5. The van der Waals surface area contributed by atoms with Gasteiger partial charge in [0, 0.05) is 13.6 Å². The molecule has 1 aliphatic rings. The van der Waals surface area contributed by atoms with Gasteiger partial charge in [0.15, 0.2) is 0 Å². The van der Waals surface area contributed by atoms with Crippen LogP contribution in [0.25, 0.3) is 0 Å². The number of anilines is 1. The van der Waals surface area contributed by atoms with Crippen LogP contribution in [0.4, 0.5) is 5.69 Å². The number of hydrogen-bond acceptors (Lipinski definition) is 4. The number of amides is 1. The van der Waals surface area contributed by atoms with Crippen LogP contribution in [0.5, 0.6) is 11.5 Å². The molecule has 2 aromatic carbocycles. The summed E-state index contributed by atoms with van der Waals surface area (Å²) in [5, 5.41) is 2.98. The van der Waals surface area contributed by atoms with Crippen LogP contribution in [0.15, 0.2) is 42.5 Å². The van der Waals surface area contributed by atoms with Crippen LogP contribution in [0.1, 0.15) is 17.5 Å². The van der Waals surface area contributed by atoms with Crippen LogP contribution in [0.3, 0.4) is 0 Å². The number of aryl methyl sites for hydroxylation is 1. The minimum Gasteiger partial charge on any atom is -0.497 e. The molecule has 25 heavy (non-hydrogen) atoms. The molecule has 132 valence electrons. The van der Waals surface area contributed by atoms with Gasteiger partial charge >= 0.3 is 0 Å². The van der Waals surface area contributed by atoms with Crippen LogP contribution in [0, 0.1) is 6.92 Å². The molecule has 3 rings (SSSR count). The van der Waals surface area contributed by atoms with Crippen LogP contribution in [0.2, 0.25) is 0 Å². The van der Waals surface area contributed by atoms with Gasteiger partial charge in [-0.3, -0.25) is 4.79 Å². The highest BCUT2D eigenvalue weighted by molar-refractivity contribution is 5.77. The van der Waals surface area contributed by atoms with Crippen molar-refractivity contribution in [2.75, 3.05) is 25.7 Å². The Morgan fingerprint density at radius 1 is 1.28 bits per heavy atom. The van der Waals surface area contributed by atoms with Gasteiger partial charge in [0.1, 0.15) is 18.1 Å². The second kappa shape index (κ2) is 7.47. The topological polar surface area (TPSA) is 50.8 Å². The van der Waals surface area contributed by atoms with Gasteiger partial charge in [0.05, 0.1) is 25.3 Å². The fraction of sp³-hybridized carbons (Fsp3) is 0.350. The first kappa shape index (κ1) is 17.1. The number of carbonyl (C=O) groups is 1. The van der Waals surface area contributed by atoms with Crippen molar-refractivity contribution in [1.82, 2.24) is 5.32 Å². The van der Waals surface area contributed by atoms with Crippen molar-refractivity contribution in [1.29, 1.82) is 0 Å². The van der Waals surface area contributed by atoms with E-state index in [9.17, 15) is 4.79 Å². The number of carbonyl (C=O) groups excluding carboxylic acids is 1. The smallest absolute Gasteiger partial charge is 0.222 e. The summed E-state index contributed by atoms with van der Waals surface area (Å²) < 4.78 is 11.0. The summed E-state index contributed by atoms with van der Waals surface area (Å²) in [4.78, 5) is 14.4. The summed E-state index contributed by atoms with van der Waals surface area (Å²) in [6, 6.07) is 13.9. The first-order valence-corrected chi connectivity index (χ1v) is 8.42. The lowest BCUT2D eigenvalue weighted by molar-refractivity contribution is -0.121. The first-order valence-electron chi connectivity index (χ1n) is 8.42. The Kier molecular flexibility index (Phi) is 5.12. The van der Waals surface area contributed by atoms with E-state index in [1.54, 1.807) is 7.11 Å². The van der Waals surface area contributed by atoms with Crippen LogP contribution < -0.4 is 19.7 Å². The monoisotopic (exact) mass is 340 g/mol. The molecule has 1 aliphatic heterocycles. The number of nitrogens with zero attached hydrogens (tertiary/aromatic N) is 1. The number of benzene rings is 2. The van der Waals surface area contributed by atoms with E-state index in [1.165, 1.54) is 5.56 Å².